The maximum Gasteiger partial charge on any atom is 0.266 e. The molecule has 2 heterocycles. The fourth-order valence-electron chi connectivity index (χ4n) is 2.38. The highest BCUT2D eigenvalue weighted by atomic mass is 32.1. The first-order chi connectivity index (χ1) is 11.3. The zero-order valence-electron chi connectivity index (χ0n) is 12.5. The number of thiocarbonyl (C=S) groups is 1. The van der Waals surface area contributed by atoms with Crippen LogP contribution in [-0.4, -0.2) is 28.3 Å². The van der Waals surface area contributed by atoms with Crippen LogP contribution in [0.25, 0.3) is 0 Å². The van der Waals surface area contributed by atoms with Crippen molar-refractivity contribution in [3.8, 4) is 6.07 Å². The van der Waals surface area contributed by atoms with Crippen LogP contribution < -0.4 is 15.5 Å². The van der Waals surface area contributed by atoms with Crippen LogP contribution in [0.5, 0.6) is 0 Å². The Labute approximate surface area is 139 Å². The Hall–Kier alpha value is -2.66. The molecule has 0 aliphatic carbocycles. The van der Waals surface area contributed by atoms with Gasteiger partial charge >= 0.3 is 0 Å². The molecular weight excluding hydrogens is 312 g/mol. The first-order valence-corrected chi connectivity index (χ1v) is 7.78. The van der Waals surface area contributed by atoms with Gasteiger partial charge < -0.3 is 20.1 Å². The maximum atomic E-state index is 9.05. The van der Waals surface area contributed by atoms with Gasteiger partial charge in [-0.2, -0.15) is 10.2 Å². The van der Waals surface area contributed by atoms with E-state index in [1.54, 1.807) is 18.2 Å². The lowest BCUT2D eigenvalue weighted by atomic mass is 10.2. The number of nitrogens with zero attached hydrogens (tertiary/aromatic N) is 4. The van der Waals surface area contributed by atoms with Crippen molar-refractivity contribution >= 4 is 29.0 Å². The second-order valence-corrected chi connectivity index (χ2v) is 5.56. The number of benzene rings is 1. The standard InChI is InChI=1S/C15H16N6OS/c16-9-11-5-1-2-6-12(11)18-15(23)17-10-13-19-14(20-22-13)21-7-3-4-8-21/h1-2,5-6H,3-4,7-8,10H2,(H2,17,18,23). The van der Waals surface area contributed by atoms with Crippen molar-refractivity contribution in [2.24, 2.45) is 0 Å². The maximum absolute atomic E-state index is 9.05. The monoisotopic (exact) mass is 328 g/mol. The third-order valence-corrected chi connectivity index (χ3v) is 3.79. The molecule has 118 valence electrons. The summed E-state index contributed by atoms with van der Waals surface area (Å²) in [4.78, 5) is 6.45. The zero-order chi connectivity index (χ0) is 16.1. The number of hydrogen-bond acceptors (Lipinski definition) is 6. The summed E-state index contributed by atoms with van der Waals surface area (Å²) < 4.78 is 5.22. The topological polar surface area (TPSA) is 90.0 Å². The molecule has 3 rings (SSSR count). The van der Waals surface area contributed by atoms with Gasteiger partial charge in [0.1, 0.15) is 6.07 Å². The molecule has 1 saturated heterocycles. The minimum atomic E-state index is 0.335. The first-order valence-electron chi connectivity index (χ1n) is 7.38. The zero-order valence-corrected chi connectivity index (χ0v) is 13.3. The van der Waals surface area contributed by atoms with Gasteiger partial charge in [0.15, 0.2) is 5.11 Å². The van der Waals surface area contributed by atoms with E-state index in [1.165, 1.54) is 0 Å². The highest BCUT2D eigenvalue weighted by Gasteiger charge is 2.17. The number of rotatable bonds is 4. The second-order valence-electron chi connectivity index (χ2n) is 5.15. The van der Waals surface area contributed by atoms with E-state index in [-0.39, 0.29) is 0 Å². The quantitative estimate of drug-likeness (QED) is 0.824. The van der Waals surface area contributed by atoms with Gasteiger partial charge in [0.2, 0.25) is 5.89 Å². The van der Waals surface area contributed by atoms with E-state index in [2.05, 4.69) is 31.7 Å². The molecule has 2 N–H and O–H groups in total. The Morgan fingerprint density at radius 1 is 1.35 bits per heavy atom. The average molecular weight is 328 g/mol. The highest BCUT2D eigenvalue weighted by molar-refractivity contribution is 7.80. The van der Waals surface area contributed by atoms with Crippen molar-refractivity contribution in [3.05, 3.63) is 35.7 Å². The predicted octanol–water partition coefficient (Wildman–Crippen LogP) is 2.03. The molecule has 23 heavy (non-hydrogen) atoms. The van der Waals surface area contributed by atoms with Gasteiger partial charge in [-0.25, -0.2) is 0 Å². The molecule has 7 nitrogen and oxygen atoms in total. The van der Waals surface area contributed by atoms with Gasteiger partial charge in [-0.1, -0.05) is 12.1 Å². The van der Waals surface area contributed by atoms with Crippen molar-refractivity contribution < 1.29 is 4.52 Å². The van der Waals surface area contributed by atoms with E-state index in [1.807, 2.05) is 6.07 Å². The molecule has 2 aromatic rings. The summed E-state index contributed by atoms with van der Waals surface area (Å²) in [5.74, 6) is 1.11. The first kappa shape index (κ1) is 15.2. The lowest BCUT2D eigenvalue weighted by molar-refractivity contribution is 0.375. The molecule has 1 aliphatic heterocycles. The van der Waals surface area contributed by atoms with Crippen molar-refractivity contribution in [1.29, 1.82) is 5.26 Å². The third kappa shape index (κ3) is 3.76. The van der Waals surface area contributed by atoms with E-state index in [0.717, 1.165) is 25.9 Å². The summed E-state index contributed by atoms with van der Waals surface area (Å²) in [6.07, 6.45) is 2.32. The molecule has 8 heteroatoms. The molecule has 1 aliphatic rings. The fourth-order valence-corrected chi connectivity index (χ4v) is 2.56. The number of nitrogens with one attached hydrogen (secondary N) is 2. The second kappa shape index (κ2) is 7.07. The molecular formula is C15H16N6OS. The van der Waals surface area contributed by atoms with Crippen molar-refractivity contribution in [2.75, 3.05) is 23.3 Å². The van der Waals surface area contributed by atoms with Gasteiger partial charge in [-0.3, -0.25) is 0 Å². The highest BCUT2D eigenvalue weighted by Crippen LogP contribution is 2.16. The minimum absolute atomic E-state index is 0.335. The summed E-state index contributed by atoms with van der Waals surface area (Å²) in [6, 6.07) is 9.28. The Morgan fingerprint density at radius 3 is 2.91 bits per heavy atom. The third-order valence-electron chi connectivity index (χ3n) is 3.54. The van der Waals surface area contributed by atoms with Gasteiger partial charge in [0.25, 0.3) is 5.95 Å². The largest absolute Gasteiger partial charge is 0.353 e. The number of para-hydroxylation sites is 1. The smallest absolute Gasteiger partial charge is 0.266 e. The summed E-state index contributed by atoms with van der Waals surface area (Å²) in [5.41, 5.74) is 1.20. The molecule has 0 unspecified atom stereocenters. The molecule has 1 fully saturated rings. The van der Waals surface area contributed by atoms with E-state index >= 15 is 0 Å². The van der Waals surface area contributed by atoms with E-state index < -0.39 is 0 Å². The molecule has 0 spiro atoms. The van der Waals surface area contributed by atoms with Gasteiger partial charge in [-0.15, -0.1) is 0 Å². The van der Waals surface area contributed by atoms with Gasteiger partial charge in [0, 0.05) is 13.1 Å². The number of aromatic nitrogens is 2. The Morgan fingerprint density at radius 2 is 2.13 bits per heavy atom. The molecule has 0 amide bonds. The van der Waals surface area contributed by atoms with Crippen molar-refractivity contribution in [2.45, 2.75) is 19.4 Å². The van der Waals surface area contributed by atoms with Crippen LogP contribution >= 0.6 is 12.2 Å². The summed E-state index contributed by atoms with van der Waals surface area (Å²) >= 11 is 5.22. The van der Waals surface area contributed by atoms with Crippen LogP contribution in [-0.2, 0) is 6.54 Å². The van der Waals surface area contributed by atoms with Crippen LogP contribution in [0, 0.1) is 11.3 Å². The summed E-state index contributed by atoms with van der Waals surface area (Å²) in [7, 11) is 0. The molecule has 1 aromatic carbocycles. The Balaban J connectivity index is 1.54. The summed E-state index contributed by atoms with van der Waals surface area (Å²) in [6.45, 7) is 2.27. The molecule has 0 atom stereocenters. The molecule has 0 saturated carbocycles. The molecule has 1 aromatic heterocycles. The lowest BCUT2D eigenvalue weighted by Crippen LogP contribution is -2.28. The van der Waals surface area contributed by atoms with E-state index in [9.17, 15) is 0 Å². The van der Waals surface area contributed by atoms with Crippen LogP contribution in [0.4, 0.5) is 11.6 Å². The van der Waals surface area contributed by atoms with Gasteiger partial charge in [-0.05, 0) is 42.3 Å². The van der Waals surface area contributed by atoms with Crippen LogP contribution in [0.15, 0.2) is 28.8 Å². The van der Waals surface area contributed by atoms with Crippen molar-refractivity contribution in [1.82, 2.24) is 15.5 Å². The van der Waals surface area contributed by atoms with E-state index in [0.29, 0.717) is 34.7 Å². The van der Waals surface area contributed by atoms with E-state index in [4.69, 9.17) is 22.0 Å². The van der Waals surface area contributed by atoms with Crippen LogP contribution in [0.1, 0.15) is 24.3 Å². The lowest BCUT2D eigenvalue weighted by Gasteiger charge is -2.10. The molecule has 0 radical (unpaired) electrons. The predicted molar refractivity (Wildman–Crippen MR) is 90.0 cm³/mol. The number of nitriles is 1. The van der Waals surface area contributed by atoms with Crippen molar-refractivity contribution in [3.63, 3.8) is 0 Å². The Kier molecular flexibility index (Phi) is 4.68. The minimum Gasteiger partial charge on any atom is -0.353 e. The summed E-state index contributed by atoms with van der Waals surface area (Å²) in [5, 5.41) is 19.4. The number of hydrogen-bond donors (Lipinski definition) is 2. The molecule has 0 bridgehead atoms. The van der Waals surface area contributed by atoms with Crippen LogP contribution in [0.3, 0.4) is 0 Å². The normalized spacial score (nSPS) is 13.6. The average Bonchev–Trinajstić information content (AvgIpc) is 3.24. The van der Waals surface area contributed by atoms with Gasteiger partial charge in [0.05, 0.1) is 17.8 Å². The fraction of sp³-hybridized carbons (Fsp3) is 0.333. The SMILES string of the molecule is N#Cc1ccccc1NC(=S)NCc1nc(N2CCCC2)no1. The Bertz CT molecular complexity index is 732. The van der Waals surface area contributed by atoms with Crippen LogP contribution in [0.2, 0.25) is 0 Å². The number of anilines is 2.